The highest BCUT2D eigenvalue weighted by Gasteiger charge is 2.21. The topological polar surface area (TPSA) is 45.0 Å². The van der Waals surface area contributed by atoms with Crippen LogP contribution in [0.3, 0.4) is 0 Å². The maximum absolute atomic E-state index is 9.15. The summed E-state index contributed by atoms with van der Waals surface area (Å²) in [5.74, 6) is 1.34. The number of hydrogen-bond acceptors (Lipinski definition) is 3. The van der Waals surface area contributed by atoms with E-state index in [9.17, 15) is 0 Å². The van der Waals surface area contributed by atoms with Gasteiger partial charge in [-0.15, -0.1) is 0 Å². The van der Waals surface area contributed by atoms with Crippen molar-refractivity contribution in [1.29, 1.82) is 5.26 Å². The number of hydrogen-bond donors (Lipinski definition) is 1. The van der Waals surface area contributed by atoms with Gasteiger partial charge in [0.05, 0.1) is 17.9 Å². The van der Waals surface area contributed by atoms with Crippen molar-refractivity contribution in [3.63, 3.8) is 0 Å². The normalized spacial score (nSPS) is 16.5. The van der Waals surface area contributed by atoms with Crippen molar-refractivity contribution in [3.05, 3.63) is 58.6 Å². The molecule has 0 fully saturated rings. The Kier molecular flexibility index (Phi) is 3.98. The molecule has 1 heterocycles. The number of para-hydroxylation sites is 1. The summed E-state index contributed by atoms with van der Waals surface area (Å²) >= 11 is 6.01. The van der Waals surface area contributed by atoms with Gasteiger partial charge in [-0.25, -0.2) is 0 Å². The van der Waals surface area contributed by atoms with Gasteiger partial charge in [0.25, 0.3) is 0 Å². The van der Waals surface area contributed by atoms with Crippen LogP contribution in [0.4, 0.5) is 5.69 Å². The van der Waals surface area contributed by atoms with Gasteiger partial charge in [0, 0.05) is 17.5 Å². The second kappa shape index (κ2) is 6.07. The van der Waals surface area contributed by atoms with E-state index >= 15 is 0 Å². The summed E-state index contributed by atoms with van der Waals surface area (Å²) in [4.78, 5) is 0. The molecule has 0 spiro atoms. The predicted molar refractivity (Wildman–Crippen MR) is 84.0 cm³/mol. The first-order chi connectivity index (χ1) is 10.3. The summed E-state index contributed by atoms with van der Waals surface area (Å²) in [6.45, 7) is 1.49. The Hall–Kier alpha value is -2.18. The standard InChI is InChI=1S/C17H15ClN2O/c18-14-6-5-12(10-19)16(9-14)20-11-13-7-8-21-17-4-2-1-3-15(13)17/h1-6,9,13,20H,7-8,11H2. The molecule has 0 aromatic heterocycles. The highest BCUT2D eigenvalue weighted by atomic mass is 35.5. The van der Waals surface area contributed by atoms with E-state index in [0.717, 1.165) is 31.0 Å². The van der Waals surface area contributed by atoms with Crippen LogP contribution in [0, 0.1) is 11.3 Å². The second-order valence-electron chi connectivity index (χ2n) is 5.05. The Morgan fingerprint density at radius 3 is 3.00 bits per heavy atom. The Morgan fingerprint density at radius 2 is 2.14 bits per heavy atom. The fourth-order valence-corrected chi connectivity index (χ4v) is 2.79. The van der Waals surface area contributed by atoms with E-state index in [1.807, 2.05) is 18.2 Å². The van der Waals surface area contributed by atoms with E-state index in [-0.39, 0.29) is 0 Å². The van der Waals surface area contributed by atoms with Crippen LogP contribution in [0.15, 0.2) is 42.5 Å². The first-order valence-electron chi connectivity index (χ1n) is 6.93. The molecule has 2 aromatic carbocycles. The maximum atomic E-state index is 9.15. The van der Waals surface area contributed by atoms with Crippen LogP contribution < -0.4 is 10.1 Å². The summed E-state index contributed by atoms with van der Waals surface area (Å²) in [5.41, 5.74) is 2.62. The van der Waals surface area contributed by atoms with Crippen LogP contribution in [-0.4, -0.2) is 13.2 Å². The molecule has 0 radical (unpaired) electrons. The minimum Gasteiger partial charge on any atom is -0.493 e. The van der Waals surface area contributed by atoms with Crippen molar-refractivity contribution < 1.29 is 4.74 Å². The monoisotopic (exact) mass is 298 g/mol. The number of anilines is 1. The summed E-state index contributed by atoms with van der Waals surface area (Å²) in [7, 11) is 0. The van der Waals surface area contributed by atoms with Crippen LogP contribution in [-0.2, 0) is 0 Å². The van der Waals surface area contributed by atoms with Crippen molar-refractivity contribution in [3.8, 4) is 11.8 Å². The summed E-state index contributed by atoms with van der Waals surface area (Å²) in [5, 5.41) is 13.1. The van der Waals surface area contributed by atoms with Gasteiger partial charge >= 0.3 is 0 Å². The molecule has 21 heavy (non-hydrogen) atoms. The molecule has 0 bridgehead atoms. The van der Waals surface area contributed by atoms with Gasteiger partial charge in [-0.1, -0.05) is 29.8 Å². The number of rotatable bonds is 3. The minimum absolute atomic E-state index is 0.375. The molecule has 1 aliphatic rings. The zero-order valence-corrected chi connectivity index (χ0v) is 12.2. The van der Waals surface area contributed by atoms with Crippen molar-refractivity contribution in [1.82, 2.24) is 0 Å². The van der Waals surface area contributed by atoms with Gasteiger partial charge in [-0.3, -0.25) is 0 Å². The van der Waals surface area contributed by atoms with Gasteiger partial charge in [-0.05, 0) is 36.2 Å². The summed E-state index contributed by atoms with van der Waals surface area (Å²) < 4.78 is 5.67. The maximum Gasteiger partial charge on any atom is 0.122 e. The van der Waals surface area contributed by atoms with Crippen molar-refractivity contribution in [2.75, 3.05) is 18.5 Å². The summed E-state index contributed by atoms with van der Waals surface area (Å²) in [6, 6.07) is 15.6. The van der Waals surface area contributed by atoms with E-state index in [0.29, 0.717) is 16.5 Å². The Morgan fingerprint density at radius 1 is 1.29 bits per heavy atom. The fourth-order valence-electron chi connectivity index (χ4n) is 2.62. The van der Waals surface area contributed by atoms with Gasteiger partial charge in [0.1, 0.15) is 11.8 Å². The molecule has 2 aromatic rings. The van der Waals surface area contributed by atoms with E-state index in [1.165, 1.54) is 5.56 Å². The number of nitrogens with one attached hydrogen (secondary N) is 1. The van der Waals surface area contributed by atoms with E-state index in [1.54, 1.807) is 18.2 Å². The molecule has 4 heteroatoms. The number of nitrogens with zero attached hydrogens (tertiary/aromatic N) is 1. The quantitative estimate of drug-likeness (QED) is 0.924. The molecule has 0 saturated heterocycles. The first-order valence-corrected chi connectivity index (χ1v) is 7.31. The number of ether oxygens (including phenoxy) is 1. The van der Waals surface area contributed by atoms with Gasteiger partial charge in [0.15, 0.2) is 0 Å². The molecule has 3 rings (SSSR count). The van der Waals surface area contributed by atoms with Crippen LogP contribution >= 0.6 is 11.6 Å². The highest BCUT2D eigenvalue weighted by Crippen LogP contribution is 2.33. The van der Waals surface area contributed by atoms with E-state index in [4.69, 9.17) is 21.6 Å². The van der Waals surface area contributed by atoms with Crippen LogP contribution in [0.1, 0.15) is 23.5 Å². The lowest BCUT2D eigenvalue weighted by Crippen LogP contribution is -2.21. The lowest BCUT2D eigenvalue weighted by Gasteiger charge is -2.26. The van der Waals surface area contributed by atoms with E-state index in [2.05, 4.69) is 17.5 Å². The van der Waals surface area contributed by atoms with E-state index < -0.39 is 0 Å². The number of fused-ring (bicyclic) bond motifs is 1. The molecule has 106 valence electrons. The molecule has 1 N–H and O–H groups in total. The summed E-state index contributed by atoms with van der Waals surface area (Å²) in [6.07, 6.45) is 0.965. The largest absolute Gasteiger partial charge is 0.493 e. The molecule has 1 unspecified atom stereocenters. The third-order valence-electron chi connectivity index (χ3n) is 3.72. The number of nitriles is 1. The fraction of sp³-hybridized carbons (Fsp3) is 0.235. The van der Waals surface area contributed by atoms with Crippen LogP contribution in [0.2, 0.25) is 5.02 Å². The average Bonchev–Trinajstić information content (AvgIpc) is 2.53. The molecule has 0 aliphatic carbocycles. The molecule has 1 atom stereocenters. The second-order valence-corrected chi connectivity index (χ2v) is 5.49. The smallest absolute Gasteiger partial charge is 0.122 e. The lowest BCUT2D eigenvalue weighted by molar-refractivity contribution is 0.270. The SMILES string of the molecule is N#Cc1ccc(Cl)cc1NCC1CCOc2ccccc21. The molecule has 3 nitrogen and oxygen atoms in total. The van der Waals surface area contributed by atoms with Gasteiger partial charge < -0.3 is 10.1 Å². The van der Waals surface area contributed by atoms with Crippen LogP contribution in [0.25, 0.3) is 0 Å². The zero-order chi connectivity index (χ0) is 14.7. The molecular weight excluding hydrogens is 284 g/mol. The predicted octanol–water partition coefficient (Wildman–Crippen LogP) is 4.19. The Balaban J connectivity index is 1.78. The van der Waals surface area contributed by atoms with Crippen LogP contribution in [0.5, 0.6) is 5.75 Å². The molecule has 0 amide bonds. The van der Waals surface area contributed by atoms with Crippen molar-refractivity contribution in [2.24, 2.45) is 0 Å². The highest BCUT2D eigenvalue weighted by molar-refractivity contribution is 6.30. The third kappa shape index (κ3) is 2.96. The van der Waals surface area contributed by atoms with Crippen molar-refractivity contribution >= 4 is 17.3 Å². The molecule has 1 aliphatic heterocycles. The minimum atomic E-state index is 0.375. The number of halogens is 1. The molecule has 0 saturated carbocycles. The lowest BCUT2D eigenvalue weighted by atomic mass is 9.93. The zero-order valence-electron chi connectivity index (χ0n) is 11.5. The van der Waals surface area contributed by atoms with Gasteiger partial charge in [0.2, 0.25) is 0 Å². The first kappa shape index (κ1) is 13.8. The Bertz CT molecular complexity index is 693. The molecular formula is C17H15ClN2O. The number of benzene rings is 2. The Labute approximate surface area is 129 Å². The average molecular weight is 299 g/mol. The third-order valence-corrected chi connectivity index (χ3v) is 3.96. The van der Waals surface area contributed by atoms with Crippen molar-refractivity contribution in [2.45, 2.75) is 12.3 Å². The van der Waals surface area contributed by atoms with Gasteiger partial charge in [-0.2, -0.15) is 5.26 Å².